The summed E-state index contributed by atoms with van der Waals surface area (Å²) in [5.74, 6) is -1.64. The Morgan fingerprint density at radius 1 is 0.767 bits per heavy atom. The molecule has 9 heteroatoms. The first kappa shape index (κ1) is 20.3. The van der Waals surface area contributed by atoms with Crippen molar-refractivity contribution in [2.45, 2.75) is 6.18 Å². The highest BCUT2D eigenvalue weighted by Gasteiger charge is 2.43. The Bertz CT molecular complexity index is 1190. The minimum Gasteiger partial charge on any atom is -0.457 e. The minimum absolute atomic E-state index is 0.0169. The van der Waals surface area contributed by atoms with Gasteiger partial charge in [-0.15, -0.1) is 0 Å². The van der Waals surface area contributed by atoms with Crippen LogP contribution in [0.25, 0.3) is 0 Å². The summed E-state index contributed by atoms with van der Waals surface area (Å²) in [4.78, 5) is 25.8. The predicted molar refractivity (Wildman–Crippen MR) is 106 cm³/mol. The molecule has 0 unspecified atom stereocenters. The van der Waals surface area contributed by atoms with Gasteiger partial charge in [0.15, 0.2) is 0 Å². The van der Waals surface area contributed by atoms with Crippen LogP contribution in [0.4, 0.5) is 18.9 Å². The minimum atomic E-state index is -4.85. The van der Waals surface area contributed by atoms with Crippen LogP contribution in [0.2, 0.25) is 10.0 Å². The fourth-order valence-corrected chi connectivity index (χ4v) is 3.45. The first-order valence-corrected chi connectivity index (χ1v) is 9.24. The van der Waals surface area contributed by atoms with Crippen molar-refractivity contribution in [1.82, 2.24) is 0 Å². The Morgan fingerprint density at radius 2 is 1.43 bits per heavy atom. The number of carbonyl (C=O) groups is 2. The molecule has 0 aliphatic carbocycles. The largest absolute Gasteiger partial charge is 0.457 e. The Balaban J connectivity index is 1.77. The maximum Gasteiger partial charge on any atom is 0.418 e. The van der Waals surface area contributed by atoms with E-state index in [1.54, 1.807) is 12.1 Å². The molecule has 0 saturated heterocycles. The molecular formula is C21H10Cl2F3NO3. The molecule has 3 aromatic carbocycles. The number of hydrogen-bond acceptors (Lipinski definition) is 3. The molecule has 0 bridgehead atoms. The fourth-order valence-electron chi connectivity index (χ4n) is 3.10. The molecule has 4 nitrogen and oxygen atoms in total. The van der Waals surface area contributed by atoms with Crippen LogP contribution >= 0.6 is 23.2 Å². The van der Waals surface area contributed by atoms with E-state index in [0.29, 0.717) is 9.92 Å². The third-order valence-electron chi connectivity index (χ3n) is 4.39. The summed E-state index contributed by atoms with van der Waals surface area (Å²) in [6.45, 7) is 0. The number of nitrogens with zero attached hydrogens (tertiary/aromatic N) is 1. The van der Waals surface area contributed by atoms with E-state index in [-0.39, 0.29) is 27.6 Å². The van der Waals surface area contributed by atoms with Gasteiger partial charge in [0.05, 0.1) is 22.4 Å². The Labute approximate surface area is 178 Å². The van der Waals surface area contributed by atoms with Gasteiger partial charge in [0.1, 0.15) is 11.5 Å². The van der Waals surface area contributed by atoms with E-state index in [4.69, 9.17) is 27.9 Å². The van der Waals surface area contributed by atoms with Crippen molar-refractivity contribution in [3.63, 3.8) is 0 Å². The third-order valence-corrected chi connectivity index (χ3v) is 4.86. The predicted octanol–water partition coefficient (Wildman–Crippen LogP) is 6.61. The molecule has 1 aliphatic rings. The zero-order valence-electron chi connectivity index (χ0n) is 14.8. The van der Waals surface area contributed by atoms with E-state index in [1.807, 2.05) is 0 Å². The van der Waals surface area contributed by atoms with Crippen LogP contribution in [0.3, 0.4) is 0 Å². The molecule has 0 atom stereocenters. The van der Waals surface area contributed by atoms with Gasteiger partial charge in [-0.1, -0.05) is 29.3 Å². The van der Waals surface area contributed by atoms with Crippen molar-refractivity contribution in [2.75, 3.05) is 4.90 Å². The zero-order valence-corrected chi connectivity index (χ0v) is 16.3. The molecule has 30 heavy (non-hydrogen) atoms. The monoisotopic (exact) mass is 451 g/mol. The highest BCUT2D eigenvalue weighted by molar-refractivity contribution is 6.37. The van der Waals surface area contributed by atoms with E-state index < -0.39 is 29.2 Å². The lowest BCUT2D eigenvalue weighted by Crippen LogP contribution is -2.31. The molecule has 0 saturated carbocycles. The van der Waals surface area contributed by atoms with Gasteiger partial charge in [0.2, 0.25) is 0 Å². The van der Waals surface area contributed by atoms with Crippen LogP contribution in [0.1, 0.15) is 26.3 Å². The molecule has 1 aliphatic heterocycles. The van der Waals surface area contributed by atoms with Gasteiger partial charge in [-0.2, -0.15) is 13.2 Å². The van der Waals surface area contributed by atoms with E-state index in [1.165, 1.54) is 36.4 Å². The van der Waals surface area contributed by atoms with Crippen molar-refractivity contribution in [2.24, 2.45) is 0 Å². The maximum absolute atomic E-state index is 13.8. The number of amides is 2. The Hall–Kier alpha value is -3.03. The average molecular weight is 452 g/mol. The number of carbonyl (C=O) groups excluding carboxylic acids is 2. The lowest BCUT2D eigenvalue weighted by Gasteiger charge is -2.20. The number of ether oxygens (including phenoxy) is 1. The van der Waals surface area contributed by atoms with Gasteiger partial charge >= 0.3 is 6.18 Å². The van der Waals surface area contributed by atoms with Gasteiger partial charge in [-0.25, -0.2) is 4.90 Å². The molecule has 0 N–H and O–H groups in total. The summed E-state index contributed by atoms with van der Waals surface area (Å²) in [7, 11) is 0. The van der Waals surface area contributed by atoms with E-state index in [2.05, 4.69) is 0 Å². The standard InChI is InChI=1S/C21H10Cl2F3NO3/c22-11-2-1-3-13(8-11)30-14-5-7-18(17(10-14)21(24,25)26)27-19(28)15-6-4-12(23)9-16(15)20(27)29/h1-10H. The Kier molecular flexibility index (Phi) is 4.95. The molecule has 152 valence electrons. The number of alkyl halides is 3. The molecule has 4 rings (SSSR count). The normalized spacial score (nSPS) is 13.6. The first-order chi connectivity index (χ1) is 14.1. The summed E-state index contributed by atoms with van der Waals surface area (Å²) >= 11 is 11.7. The molecule has 0 aromatic heterocycles. The van der Waals surface area contributed by atoms with Gasteiger partial charge in [0.25, 0.3) is 11.8 Å². The van der Waals surface area contributed by atoms with Crippen LogP contribution in [-0.2, 0) is 6.18 Å². The lowest BCUT2D eigenvalue weighted by atomic mass is 10.1. The zero-order chi connectivity index (χ0) is 21.6. The number of hydrogen-bond donors (Lipinski definition) is 0. The molecule has 1 heterocycles. The SMILES string of the molecule is O=C1c2ccc(Cl)cc2C(=O)N1c1ccc(Oc2cccc(Cl)c2)cc1C(F)(F)F. The topological polar surface area (TPSA) is 46.6 Å². The fraction of sp³-hybridized carbons (Fsp3) is 0.0476. The summed E-state index contributed by atoms with van der Waals surface area (Å²) in [6.07, 6.45) is -4.85. The smallest absolute Gasteiger partial charge is 0.418 e. The molecule has 2 amide bonds. The molecular weight excluding hydrogens is 442 g/mol. The average Bonchev–Trinajstić information content (AvgIpc) is 2.91. The van der Waals surface area contributed by atoms with Crippen molar-refractivity contribution in [3.05, 3.63) is 87.4 Å². The van der Waals surface area contributed by atoms with Gasteiger partial charge in [-0.3, -0.25) is 9.59 Å². The van der Waals surface area contributed by atoms with Gasteiger partial charge in [-0.05, 0) is 54.6 Å². The van der Waals surface area contributed by atoms with Crippen LogP contribution in [-0.4, -0.2) is 11.8 Å². The first-order valence-electron chi connectivity index (χ1n) is 8.48. The highest BCUT2D eigenvalue weighted by Crippen LogP contribution is 2.42. The molecule has 0 fully saturated rings. The van der Waals surface area contributed by atoms with Crippen LogP contribution in [0, 0.1) is 0 Å². The quantitative estimate of drug-likeness (QED) is 0.421. The van der Waals surface area contributed by atoms with Crippen molar-refractivity contribution < 1.29 is 27.5 Å². The summed E-state index contributed by atoms with van der Waals surface area (Å²) in [5, 5.41) is 0.544. The van der Waals surface area contributed by atoms with Crippen LogP contribution < -0.4 is 9.64 Å². The molecule has 3 aromatic rings. The van der Waals surface area contributed by atoms with Gasteiger partial charge in [0, 0.05) is 10.0 Å². The maximum atomic E-state index is 13.8. The number of benzene rings is 3. The summed E-state index contributed by atoms with van der Waals surface area (Å²) in [6, 6.07) is 13.1. The van der Waals surface area contributed by atoms with E-state index >= 15 is 0 Å². The van der Waals surface area contributed by atoms with Crippen LogP contribution in [0.15, 0.2) is 60.7 Å². The number of anilines is 1. The van der Waals surface area contributed by atoms with Crippen LogP contribution in [0.5, 0.6) is 11.5 Å². The number of fused-ring (bicyclic) bond motifs is 1. The Morgan fingerprint density at radius 3 is 2.13 bits per heavy atom. The third kappa shape index (κ3) is 3.62. The lowest BCUT2D eigenvalue weighted by molar-refractivity contribution is -0.137. The summed E-state index contributed by atoms with van der Waals surface area (Å²) in [5.41, 5.74) is -1.86. The van der Waals surface area contributed by atoms with Gasteiger partial charge < -0.3 is 4.74 Å². The van der Waals surface area contributed by atoms with Crippen molar-refractivity contribution >= 4 is 40.7 Å². The van der Waals surface area contributed by atoms with E-state index in [0.717, 1.165) is 12.1 Å². The van der Waals surface area contributed by atoms with Crippen molar-refractivity contribution in [1.29, 1.82) is 0 Å². The second-order valence-electron chi connectivity index (χ2n) is 6.37. The highest BCUT2D eigenvalue weighted by atomic mass is 35.5. The van der Waals surface area contributed by atoms with Crippen molar-refractivity contribution in [3.8, 4) is 11.5 Å². The number of imide groups is 1. The molecule has 0 spiro atoms. The number of halogens is 5. The van der Waals surface area contributed by atoms with E-state index in [9.17, 15) is 22.8 Å². The summed E-state index contributed by atoms with van der Waals surface area (Å²) < 4.78 is 46.8. The second kappa shape index (κ2) is 7.34. The number of rotatable bonds is 3. The second-order valence-corrected chi connectivity index (χ2v) is 7.24. The molecule has 0 radical (unpaired) electrons.